The van der Waals surface area contributed by atoms with E-state index in [-0.39, 0.29) is 0 Å². The Morgan fingerprint density at radius 3 is 2.79 bits per heavy atom. The number of imidazole rings is 1. The Kier molecular flexibility index (Phi) is 5.65. The van der Waals surface area contributed by atoms with E-state index in [0.717, 1.165) is 26.0 Å². The molecule has 0 fully saturated rings. The van der Waals surface area contributed by atoms with Crippen molar-refractivity contribution in [2.24, 2.45) is 5.10 Å². The Balaban J connectivity index is 1.93. The molecular formula is C16H12Br2ClN5. The van der Waals surface area contributed by atoms with Crippen molar-refractivity contribution in [2.45, 2.75) is 6.54 Å². The number of para-hydroxylation sites is 1. The van der Waals surface area contributed by atoms with Crippen LogP contribution in [0.15, 0.2) is 69.4 Å². The molecule has 0 spiro atoms. The summed E-state index contributed by atoms with van der Waals surface area (Å²) in [7, 11) is 0. The van der Waals surface area contributed by atoms with E-state index >= 15 is 0 Å². The summed E-state index contributed by atoms with van der Waals surface area (Å²) in [5.41, 5.74) is 5.53. The molecule has 0 saturated heterocycles. The number of nitrogens with one attached hydrogen (secondary N) is 1. The summed E-state index contributed by atoms with van der Waals surface area (Å²) in [6.45, 7) is 0.540. The molecule has 2 aromatic heterocycles. The van der Waals surface area contributed by atoms with Crippen LogP contribution in [0.2, 0.25) is 5.02 Å². The van der Waals surface area contributed by atoms with E-state index in [1.807, 2.05) is 41.1 Å². The predicted octanol–water partition coefficient (Wildman–Crippen LogP) is 4.97. The van der Waals surface area contributed by atoms with Crippen molar-refractivity contribution >= 4 is 54.9 Å². The van der Waals surface area contributed by atoms with Gasteiger partial charge in [-0.3, -0.25) is 10.4 Å². The van der Waals surface area contributed by atoms with Crippen molar-refractivity contribution in [3.05, 3.63) is 74.9 Å². The summed E-state index contributed by atoms with van der Waals surface area (Å²) in [6, 6.07) is 9.37. The molecule has 0 bridgehead atoms. The molecular weight excluding hydrogens is 457 g/mol. The molecule has 1 N–H and O–H groups in total. The molecule has 2 heterocycles. The van der Waals surface area contributed by atoms with E-state index in [2.05, 4.69) is 52.4 Å². The smallest absolute Gasteiger partial charge is 0.124 e. The maximum Gasteiger partial charge on any atom is 0.124 e. The fourth-order valence-electron chi connectivity index (χ4n) is 2.06. The summed E-state index contributed by atoms with van der Waals surface area (Å²) in [5, 5.41) is 5.16. The molecule has 0 aliphatic rings. The van der Waals surface area contributed by atoms with Gasteiger partial charge in [0.1, 0.15) is 4.60 Å². The van der Waals surface area contributed by atoms with Gasteiger partial charge >= 0.3 is 0 Å². The van der Waals surface area contributed by atoms with Gasteiger partial charge in [-0.25, -0.2) is 4.98 Å². The van der Waals surface area contributed by atoms with Gasteiger partial charge in [-0.2, -0.15) is 5.10 Å². The fourth-order valence-corrected chi connectivity index (χ4v) is 3.07. The number of nitrogens with zero attached hydrogens (tertiary/aromatic N) is 4. The van der Waals surface area contributed by atoms with Crippen LogP contribution in [0, 0.1) is 0 Å². The monoisotopic (exact) mass is 467 g/mol. The molecule has 0 radical (unpaired) electrons. The largest absolute Gasteiger partial charge is 0.330 e. The molecule has 122 valence electrons. The highest BCUT2D eigenvalue weighted by Gasteiger charge is 2.10. The van der Waals surface area contributed by atoms with Gasteiger partial charge in [0.2, 0.25) is 0 Å². The minimum atomic E-state index is 0.540. The van der Waals surface area contributed by atoms with Gasteiger partial charge in [0.15, 0.2) is 0 Å². The molecule has 24 heavy (non-hydrogen) atoms. The molecule has 3 aromatic rings. The topological polar surface area (TPSA) is 55.1 Å². The molecule has 3 rings (SSSR count). The van der Waals surface area contributed by atoms with Gasteiger partial charge < -0.3 is 4.57 Å². The number of halogens is 3. The van der Waals surface area contributed by atoms with Crippen molar-refractivity contribution in [3.8, 4) is 0 Å². The van der Waals surface area contributed by atoms with E-state index in [1.165, 1.54) is 0 Å². The lowest BCUT2D eigenvalue weighted by Crippen LogP contribution is -2.13. The number of anilines is 1. The summed E-state index contributed by atoms with van der Waals surface area (Å²) in [6.07, 6.45) is 7.10. The third-order valence-electron chi connectivity index (χ3n) is 3.20. The molecule has 0 aliphatic heterocycles. The van der Waals surface area contributed by atoms with Crippen molar-refractivity contribution < 1.29 is 0 Å². The first-order valence-corrected chi connectivity index (χ1v) is 8.94. The second-order valence-electron chi connectivity index (χ2n) is 4.87. The van der Waals surface area contributed by atoms with Crippen molar-refractivity contribution in [1.82, 2.24) is 14.5 Å². The maximum absolute atomic E-state index is 6.18. The standard InChI is InChI=1S/C16H12Br2ClN5/c17-12-7-20-6-5-11(12)15(8-24-9-16(18)21-10-24)23-22-14-4-2-1-3-13(14)19/h1-7,9-10,22H,8H2/b23-15+. The highest BCUT2D eigenvalue weighted by molar-refractivity contribution is 9.10. The van der Waals surface area contributed by atoms with Crippen LogP contribution in [0.3, 0.4) is 0 Å². The Labute approximate surface area is 161 Å². The summed E-state index contributed by atoms with van der Waals surface area (Å²) in [4.78, 5) is 8.28. The third-order valence-corrected chi connectivity index (χ3v) is 4.57. The average Bonchev–Trinajstić information content (AvgIpc) is 2.98. The number of benzene rings is 1. The van der Waals surface area contributed by atoms with Crippen molar-refractivity contribution in [2.75, 3.05) is 5.43 Å². The lowest BCUT2D eigenvalue weighted by Gasteiger charge is -2.11. The van der Waals surface area contributed by atoms with Crippen LogP contribution in [-0.4, -0.2) is 20.2 Å². The Bertz CT molecular complexity index is 878. The normalized spacial score (nSPS) is 11.5. The molecule has 0 unspecified atom stereocenters. The van der Waals surface area contributed by atoms with Crippen LogP contribution in [-0.2, 0) is 6.54 Å². The SMILES string of the molecule is Clc1ccccc1N/N=C(\Cn1cnc(Br)c1)c1ccncc1Br. The van der Waals surface area contributed by atoms with E-state index in [9.17, 15) is 0 Å². The first kappa shape index (κ1) is 17.1. The summed E-state index contributed by atoms with van der Waals surface area (Å²) >= 11 is 13.1. The van der Waals surface area contributed by atoms with Gasteiger partial charge in [-0.05, 0) is 50.1 Å². The molecule has 1 aromatic carbocycles. The third kappa shape index (κ3) is 4.23. The minimum Gasteiger partial charge on any atom is -0.330 e. The van der Waals surface area contributed by atoms with Crippen LogP contribution in [0.4, 0.5) is 5.69 Å². The van der Waals surface area contributed by atoms with E-state index in [4.69, 9.17) is 11.6 Å². The quantitative estimate of drug-likeness (QED) is 0.424. The van der Waals surface area contributed by atoms with Crippen LogP contribution < -0.4 is 5.43 Å². The number of rotatable bonds is 5. The van der Waals surface area contributed by atoms with Gasteiger partial charge in [0.25, 0.3) is 0 Å². The van der Waals surface area contributed by atoms with E-state index < -0.39 is 0 Å². The van der Waals surface area contributed by atoms with Crippen LogP contribution in [0.1, 0.15) is 5.56 Å². The van der Waals surface area contributed by atoms with E-state index in [0.29, 0.717) is 11.6 Å². The minimum absolute atomic E-state index is 0.540. The molecule has 0 saturated carbocycles. The van der Waals surface area contributed by atoms with Crippen LogP contribution in [0.5, 0.6) is 0 Å². The lowest BCUT2D eigenvalue weighted by atomic mass is 10.1. The van der Waals surface area contributed by atoms with E-state index in [1.54, 1.807) is 18.7 Å². The van der Waals surface area contributed by atoms with Gasteiger partial charge in [-0.1, -0.05) is 23.7 Å². The first-order chi connectivity index (χ1) is 11.6. The Hall–Kier alpha value is -1.70. The average molecular weight is 470 g/mol. The molecule has 8 heteroatoms. The number of aromatic nitrogens is 3. The zero-order valence-corrected chi connectivity index (χ0v) is 16.3. The first-order valence-electron chi connectivity index (χ1n) is 6.98. The summed E-state index contributed by atoms with van der Waals surface area (Å²) < 4.78 is 3.57. The molecule has 0 amide bonds. The van der Waals surface area contributed by atoms with Crippen LogP contribution >= 0.6 is 43.5 Å². The maximum atomic E-state index is 6.18. The second-order valence-corrected chi connectivity index (χ2v) is 6.95. The number of hydrogen-bond donors (Lipinski definition) is 1. The molecule has 0 aliphatic carbocycles. The van der Waals surface area contributed by atoms with Gasteiger partial charge in [0, 0.05) is 28.6 Å². The zero-order chi connectivity index (χ0) is 16.9. The van der Waals surface area contributed by atoms with Gasteiger partial charge in [0.05, 0.1) is 29.3 Å². The van der Waals surface area contributed by atoms with Crippen molar-refractivity contribution in [3.63, 3.8) is 0 Å². The highest BCUT2D eigenvalue weighted by atomic mass is 79.9. The zero-order valence-electron chi connectivity index (χ0n) is 12.3. The van der Waals surface area contributed by atoms with Crippen LogP contribution in [0.25, 0.3) is 0 Å². The highest BCUT2D eigenvalue weighted by Crippen LogP contribution is 2.22. The summed E-state index contributed by atoms with van der Waals surface area (Å²) in [5.74, 6) is 0. The number of pyridine rings is 1. The second kappa shape index (κ2) is 7.92. The molecule has 0 atom stereocenters. The Morgan fingerprint density at radius 1 is 1.25 bits per heavy atom. The fraction of sp³-hybridized carbons (Fsp3) is 0.0625. The lowest BCUT2D eigenvalue weighted by molar-refractivity contribution is 0.847. The molecule has 5 nitrogen and oxygen atoms in total. The Morgan fingerprint density at radius 2 is 2.08 bits per heavy atom. The number of hydrazone groups is 1. The predicted molar refractivity (Wildman–Crippen MR) is 103 cm³/mol. The van der Waals surface area contributed by atoms with Gasteiger partial charge in [-0.15, -0.1) is 0 Å². The van der Waals surface area contributed by atoms with Crippen molar-refractivity contribution in [1.29, 1.82) is 0 Å². The number of hydrogen-bond acceptors (Lipinski definition) is 4.